The number of halogens is 1. The van der Waals surface area contributed by atoms with Gasteiger partial charge in [0.05, 0.1) is 6.54 Å². The lowest BCUT2D eigenvalue weighted by atomic mass is 10.4. The van der Waals surface area contributed by atoms with E-state index in [9.17, 15) is 0 Å². The lowest BCUT2D eigenvalue weighted by Crippen LogP contribution is -1.99. The second kappa shape index (κ2) is 5.27. The predicted molar refractivity (Wildman–Crippen MR) is 67.1 cm³/mol. The molecule has 84 valence electrons. The van der Waals surface area contributed by atoms with Crippen molar-refractivity contribution in [1.29, 1.82) is 0 Å². The largest absolute Gasteiger partial charge is 0.448 e. The number of nitrogens with one attached hydrogen (secondary N) is 1. The standard InChI is InChI=1S/C11H11ClN2OS/c1-16-9-3-5-11(14-7-9)13-6-8-2-4-10(12)15-8/h2-5,7H,6H2,1H3,(H,13,14). The molecule has 16 heavy (non-hydrogen) atoms. The molecular weight excluding hydrogens is 244 g/mol. The highest BCUT2D eigenvalue weighted by atomic mass is 35.5. The summed E-state index contributed by atoms with van der Waals surface area (Å²) in [5.74, 6) is 1.62. The Morgan fingerprint density at radius 2 is 2.25 bits per heavy atom. The van der Waals surface area contributed by atoms with Gasteiger partial charge >= 0.3 is 0 Å². The molecule has 0 aliphatic rings. The van der Waals surface area contributed by atoms with Crippen LogP contribution in [0.2, 0.25) is 5.22 Å². The maximum atomic E-state index is 5.67. The zero-order chi connectivity index (χ0) is 11.4. The number of pyridine rings is 1. The second-order valence-electron chi connectivity index (χ2n) is 3.14. The summed E-state index contributed by atoms with van der Waals surface area (Å²) >= 11 is 7.34. The van der Waals surface area contributed by atoms with Crippen molar-refractivity contribution in [3.63, 3.8) is 0 Å². The van der Waals surface area contributed by atoms with Gasteiger partial charge in [-0.2, -0.15) is 0 Å². The molecule has 2 rings (SSSR count). The molecule has 0 amide bonds. The van der Waals surface area contributed by atoms with Crippen LogP contribution >= 0.6 is 23.4 Å². The van der Waals surface area contributed by atoms with E-state index in [2.05, 4.69) is 10.3 Å². The Kier molecular flexibility index (Phi) is 3.74. The highest BCUT2D eigenvalue weighted by Crippen LogP contribution is 2.16. The summed E-state index contributed by atoms with van der Waals surface area (Å²) < 4.78 is 5.22. The molecule has 0 aliphatic carbocycles. The fraction of sp³-hybridized carbons (Fsp3) is 0.182. The lowest BCUT2D eigenvalue weighted by molar-refractivity contribution is 0.519. The average Bonchev–Trinajstić information content (AvgIpc) is 2.73. The van der Waals surface area contributed by atoms with Gasteiger partial charge in [0.25, 0.3) is 0 Å². The van der Waals surface area contributed by atoms with Crippen molar-refractivity contribution in [3.8, 4) is 0 Å². The minimum Gasteiger partial charge on any atom is -0.448 e. The van der Waals surface area contributed by atoms with Crippen molar-refractivity contribution < 1.29 is 4.42 Å². The van der Waals surface area contributed by atoms with E-state index in [1.54, 1.807) is 17.8 Å². The first-order valence-corrected chi connectivity index (χ1v) is 6.36. The molecule has 0 bridgehead atoms. The first-order valence-electron chi connectivity index (χ1n) is 4.76. The molecule has 2 aromatic heterocycles. The number of hydrogen-bond donors (Lipinski definition) is 1. The predicted octanol–water partition coefficient (Wildman–Crippen LogP) is 3.66. The second-order valence-corrected chi connectivity index (χ2v) is 4.39. The van der Waals surface area contributed by atoms with E-state index in [1.165, 1.54) is 0 Å². The van der Waals surface area contributed by atoms with Crippen LogP contribution in [0.3, 0.4) is 0 Å². The fourth-order valence-corrected chi connectivity index (χ4v) is 1.75. The molecule has 0 unspecified atom stereocenters. The van der Waals surface area contributed by atoms with Crippen molar-refractivity contribution in [3.05, 3.63) is 41.4 Å². The van der Waals surface area contributed by atoms with E-state index in [0.717, 1.165) is 16.5 Å². The molecule has 0 aliphatic heterocycles. The molecule has 0 radical (unpaired) electrons. The Labute approximate surface area is 103 Å². The Balaban J connectivity index is 1.94. The third-order valence-electron chi connectivity index (χ3n) is 2.04. The first-order chi connectivity index (χ1) is 7.78. The van der Waals surface area contributed by atoms with Crippen molar-refractivity contribution in [2.24, 2.45) is 0 Å². The molecule has 0 spiro atoms. The Hall–Kier alpha value is -1.13. The Morgan fingerprint density at radius 3 is 2.81 bits per heavy atom. The summed E-state index contributed by atoms with van der Waals surface area (Å²) in [6.07, 6.45) is 3.86. The monoisotopic (exact) mass is 254 g/mol. The Morgan fingerprint density at radius 1 is 1.38 bits per heavy atom. The van der Waals surface area contributed by atoms with Crippen molar-refractivity contribution in [2.75, 3.05) is 11.6 Å². The van der Waals surface area contributed by atoms with E-state index in [1.807, 2.05) is 30.7 Å². The molecule has 0 saturated heterocycles. The summed E-state index contributed by atoms with van der Waals surface area (Å²) in [5.41, 5.74) is 0. The van der Waals surface area contributed by atoms with E-state index >= 15 is 0 Å². The van der Waals surface area contributed by atoms with Crippen LogP contribution in [0.5, 0.6) is 0 Å². The fourth-order valence-electron chi connectivity index (χ4n) is 1.23. The molecule has 2 aromatic rings. The van der Waals surface area contributed by atoms with Gasteiger partial charge in [0, 0.05) is 11.1 Å². The Bertz CT molecular complexity index is 455. The van der Waals surface area contributed by atoms with Gasteiger partial charge in [-0.25, -0.2) is 4.98 Å². The molecule has 0 atom stereocenters. The van der Waals surface area contributed by atoms with E-state index in [-0.39, 0.29) is 0 Å². The minimum absolute atomic E-state index is 0.405. The third-order valence-corrected chi connectivity index (χ3v) is 2.96. The van der Waals surface area contributed by atoms with Crippen LogP contribution in [0, 0.1) is 0 Å². The first kappa shape index (κ1) is 11.4. The van der Waals surface area contributed by atoms with Gasteiger partial charge < -0.3 is 9.73 Å². The number of nitrogens with zero attached hydrogens (tertiary/aromatic N) is 1. The maximum Gasteiger partial charge on any atom is 0.193 e. The van der Waals surface area contributed by atoms with Gasteiger partial charge in [-0.1, -0.05) is 0 Å². The van der Waals surface area contributed by atoms with Gasteiger partial charge in [0.15, 0.2) is 5.22 Å². The summed E-state index contributed by atoms with van der Waals surface area (Å²) in [6.45, 7) is 0.582. The maximum absolute atomic E-state index is 5.67. The summed E-state index contributed by atoms with van der Waals surface area (Å²) in [7, 11) is 0. The number of furan rings is 1. The van der Waals surface area contributed by atoms with Gasteiger partial charge in [-0.05, 0) is 42.1 Å². The number of rotatable bonds is 4. The molecule has 0 fully saturated rings. The van der Waals surface area contributed by atoms with Crippen LogP contribution in [0.15, 0.2) is 39.8 Å². The zero-order valence-corrected chi connectivity index (χ0v) is 10.3. The number of thioether (sulfide) groups is 1. The molecule has 1 N–H and O–H groups in total. The highest BCUT2D eigenvalue weighted by molar-refractivity contribution is 7.98. The van der Waals surface area contributed by atoms with Crippen LogP contribution in [0.25, 0.3) is 0 Å². The number of hydrogen-bond acceptors (Lipinski definition) is 4. The van der Waals surface area contributed by atoms with Gasteiger partial charge in [-0.15, -0.1) is 11.8 Å². The molecular formula is C11H11ClN2OS. The molecule has 5 heteroatoms. The van der Waals surface area contributed by atoms with Crippen molar-refractivity contribution in [2.45, 2.75) is 11.4 Å². The SMILES string of the molecule is CSc1ccc(NCc2ccc(Cl)o2)nc1. The van der Waals surface area contributed by atoms with Crippen molar-refractivity contribution >= 4 is 29.2 Å². The molecule has 2 heterocycles. The summed E-state index contributed by atoms with van der Waals surface area (Å²) in [4.78, 5) is 5.41. The highest BCUT2D eigenvalue weighted by Gasteiger charge is 2.00. The van der Waals surface area contributed by atoms with E-state index in [0.29, 0.717) is 11.8 Å². The van der Waals surface area contributed by atoms with Crippen LogP contribution in [0.4, 0.5) is 5.82 Å². The van der Waals surface area contributed by atoms with Crippen LogP contribution < -0.4 is 5.32 Å². The molecule has 0 aromatic carbocycles. The molecule has 3 nitrogen and oxygen atoms in total. The quantitative estimate of drug-likeness (QED) is 0.845. The average molecular weight is 255 g/mol. The van der Waals surface area contributed by atoms with Crippen molar-refractivity contribution in [1.82, 2.24) is 4.98 Å². The van der Waals surface area contributed by atoms with E-state index < -0.39 is 0 Å². The molecule has 0 saturated carbocycles. The van der Waals surface area contributed by atoms with Crippen LogP contribution in [-0.4, -0.2) is 11.2 Å². The van der Waals surface area contributed by atoms with Crippen LogP contribution in [-0.2, 0) is 6.54 Å². The summed E-state index contributed by atoms with van der Waals surface area (Å²) in [6, 6.07) is 7.53. The van der Waals surface area contributed by atoms with Crippen LogP contribution in [0.1, 0.15) is 5.76 Å². The van der Waals surface area contributed by atoms with Gasteiger partial charge in [0.1, 0.15) is 11.6 Å². The number of anilines is 1. The topological polar surface area (TPSA) is 38.1 Å². The lowest BCUT2D eigenvalue weighted by Gasteiger charge is -2.03. The van der Waals surface area contributed by atoms with E-state index in [4.69, 9.17) is 16.0 Å². The van der Waals surface area contributed by atoms with Gasteiger partial charge in [0.2, 0.25) is 0 Å². The summed E-state index contributed by atoms with van der Waals surface area (Å²) in [5, 5.41) is 3.56. The smallest absolute Gasteiger partial charge is 0.193 e. The minimum atomic E-state index is 0.405. The third kappa shape index (κ3) is 2.93. The number of aromatic nitrogens is 1. The van der Waals surface area contributed by atoms with Gasteiger partial charge in [-0.3, -0.25) is 0 Å². The zero-order valence-electron chi connectivity index (χ0n) is 8.74. The normalized spacial score (nSPS) is 10.4.